The molecule has 1 aliphatic carbocycles. The lowest BCUT2D eigenvalue weighted by atomic mass is 9.97. The lowest BCUT2D eigenvalue weighted by Gasteiger charge is -2.18. The fraction of sp³-hybridized carbons (Fsp3) is 0.476. The topological polar surface area (TPSA) is 88.4 Å². The number of allylic oxidation sites excluding steroid dienone is 1. The van der Waals surface area contributed by atoms with Crippen LogP contribution in [0.25, 0.3) is 0 Å². The second kappa shape index (κ2) is 10.4. The number of rotatable bonds is 8. The van der Waals surface area contributed by atoms with Crippen LogP contribution < -0.4 is 10.1 Å². The molecule has 1 aromatic carbocycles. The largest absolute Gasteiger partial charge is 0.479 e. The fourth-order valence-corrected chi connectivity index (χ4v) is 2.81. The summed E-state index contributed by atoms with van der Waals surface area (Å²) < 4.78 is 10.7. The van der Waals surface area contributed by atoms with Gasteiger partial charge in [0.15, 0.2) is 12.2 Å². The van der Waals surface area contributed by atoms with Gasteiger partial charge in [-0.2, -0.15) is 5.26 Å². The van der Waals surface area contributed by atoms with Crippen LogP contribution in [-0.2, 0) is 14.3 Å². The zero-order valence-electron chi connectivity index (χ0n) is 15.9. The second-order valence-corrected chi connectivity index (χ2v) is 6.62. The van der Waals surface area contributed by atoms with Crippen LogP contribution in [0.1, 0.15) is 51.5 Å². The zero-order valence-corrected chi connectivity index (χ0v) is 15.9. The van der Waals surface area contributed by atoms with Crippen molar-refractivity contribution < 1.29 is 19.1 Å². The summed E-state index contributed by atoms with van der Waals surface area (Å²) in [5.74, 6) is -0.473. The third-order valence-corrected chi connectivity index (χ3v) is 4.42. The number of benzene rings is 1. The summed E-state index contributed by atoms with van der Waals surface area (Å²) in [6.45, 7) is 3.64. The Morgan fingerprint density at radius 3 is 2.56 bits per heavy atom. The number of ether oxygens (including phenoxy) is 2. The van der Waals surface area contributed by atoms with E-state index in [0.29, 0.717) is 17.9 Å². The highest BCUT2D eigenvalue weighted by molar-refractivity contribution is 5.84. The number of nitrogens with zero attached hydrogens (tertiary/aromatic N) is 1. The lowest BCUT2D eigenvalue weighted by molar-refractivity contribution is -0.160. The number of carbonyl (C=O) groups excluding carboxylic acids is 2. The molecule has 2 rings (SSSR count). The zero-order chi connectivity index (χ0) is 19.6. The maximum Gasteiger partial charge on any atom is 0.347 e. The van der Waals surface area contributed by atoms with E-state index in [2.05, 4.69) is 11.4 Å². The quantitative estimate of drug-likeness (QED) is 0.560. The highest BCUT2D eigenvalue weighted by atomic mass is 16.6. The Kier molecular flexibility index (Phi) is 7.87. The van der Waals surface area contributed by atoms with Gasteiger partial charge in [0.2, 0.25) is 0 Å². The summed E-state index contributed by atoms with van der Waals surface area (Å²) in [6.07, 6.45) is 6.02. The Morgan fingerprint density at radius 1 is 1.19 bits per heavy atom. The molecule has 0 saturated heterocycles. The molecule has 0 saturated carbocycles. The normalized spacial score (nSPS) is 15.7. The maximum absolute atomic E-state index is 12.1. The number of esters is 1. The third kappa shape index (κ3) is 6.78. The average Bonchev–Trinajstić information content (AvgIpc) is 2.69. The molecule has 0 fully saturated rings. The predicted octanol–water partition coefficient (Wildman–Crippen LogP) is 3.26. The number of hydrogen-bond acceptors (Lipinski definition) is 5. The van der Waals surface area contributed by atoms with Gasteiger partial charge in [0.05, 0.1) is 11.6 Å². The fourth-order valence-electron chi connectivity index (χ4n) is 2.81. The SMILES string of the molecule is C[C@H](OC(=O)[C@H](C)Oc1ccc(C#N)cc1)C(=O)NCCC1=CCCCC1. The lowest BCUT2D eigenvalue weighted by Crippen LogP contribution is -2.39. The molecule has 0 radical (unpaired) electrons. The molecular formula is C21H26N2O4. The van der Waals surface area contributed by atoms with Crippen LogP contribution in [0.15, 0.2) is 35.9 Å². The van der Waals surface area contributed by atoms with Crippen molar-refractivity contribution in [2.45, 2.75) is 58.2 Å². The minimum atomic E-state index is -0.884. The summed E-state index contributed by atoms with van der Waals surface area (Å²) >= 11 is 0. The Balaban J connectivity index is 1.73. The van der Waals surface area contributed by atoms with E-state index in [9.17, 15) is 9.59 Å². The summed E-state index contributed by atoms with van der Waals surface area (Å²) in [6, 6.07) is 8.44. The van der Waals surface area contributed by atoms with Crippen molar-refractivity contribution in [3.63, 3.8) is 0 Å². The smallest absolute Gasteiger partial charge is 0.347 e. The van der Waals surface area contributed by atoms with Crippen molar-refractivity contribution >= 4 is 11.9 Å². The Labute approximate surface area is 160 Å². The summed E-state index contributed by atoms with van der Waals surface area (Å²) in [4.78, 5) is 24.2. The molecule has 27 heavy (non-hydrogen) atoms. The van der Waals surface area contributed by atoms with Crippen LogP contribution in [0.4, 0.5) is 0 Å². The van der Waals surface area contributed by atoms with Crippen molar-refractivity contribution in [1.29, 1.82) is 5.26 Å². The molecule has 0 heterocycles. The van der Waals surface area contributed by atoms with Crippen LogP contribution in [0.2, 0.25) is 0 Å². The van der Waals surface area contributed by atoms with E-state index in [-0.39, 0.29) is 5.91 Å². The Morgan fingerprint density at radius 2 is 1.93 bits per heavy atom. The number of amides is 1. The summed E-state index contributed by atoms with van der Waals surface area (Å²) in [5.41, 5.74) is 1.89. The second-order valence-electron chi connectivity index (χ2n) is 6.62. The van der Waals surface area contributed by atoms with Gasteiger partial charge in [0.25, 0.3) is 5.91 Å². The summed E-state index contributed by atoms with van der Waals surface area (Å²) in [5, 5.41) is 11.6. The van der Waals surface area contributed by atoms with Crippen molar-refractivity contribution in [3.05, 3.63) is 41.5 Å². The van der Waals surface area contributed by atoms with E-state index in [4.69, 9.17) is 14.7 Å². The van der Waals surface area contributed by atoms with E-state index < -0.39 is 18.2 Å². The van der Waals surface area contributed by atoms with E-state index in [1.165, 1.54) is 18.4 Å². The highest BCUT2D eigenvalue weighted by Crippen LogP contribution is 2.19. The van der Waals surface area contributed by atoms with Gasteiger partial charge in [-0.15, -0.1) is 0 Å². The van der Waals surface area contributed by atoms with Crippen molar-refractivity contribution in [1.82, 2.24) is 5.32 Å². The van der Waals surface area contributed by atoms with Crippen molar-refractivity contribution in [2.75, 3.05) is 6.54 Å². The first-order valence-corrected chi connectivity index (χ1v) is 9.32. The molecule has 0 spiro atoms. The molecule has 1 aliphatic rings. The number of hydrogen-bond donors (Lipinski definition) is 1. The first-order valence-electron chi connectivity index (χ1n) is 9.32. The summed E-state index contributed by atoms with van der Waals surface area (Å²) in [7, 11) is 0. The molecule has 1 N–H and O–H groups in total. The first kappa shape index (κ1) is 20.5. The van der Waals surface area contributed by atoms with Crippen LogP contribution in [0, 0.1) is 11.3 Å². The van der Waals surface area contributed by atoms with E-state index in [0.717, 1.165) is 19.3 Å². The molecule has 0 bridgehead atoms. The number of nitrogens with one attached hydrogen (secondary N) is 1. The molecule has 6 heteroatoms. The van der Waals surface area contributed by atoms with Crippen LogP contribution in [0.3, 0.4) is 0 Å². The molecule has 1 aromatic rings. The molecule has 0 aromatic heterocycles. The minimum Gasteiger partial charge on any atom is -0.479 e. The van der Waals surface area contributed by atoms with Crippen molar-refractivity contribution in [2.24, 2.45) is 0 Å². The van der Waals surface area contributed by atoms with Gasteiger partial charge < -0.3 is 14.8 Å². The van der Waals surface area contributed by atoms with E-state index in [1.807, 2.05) is 6.07 Å². The van der Waals surface area contributed by atoms with Crippen LogP contribution in [0.5, 0.6) is 5.75 Å². The van der Waals surface area contributed by atoms with Gasteiger partial charge in [-0.05, 0) is 70.2 Å². The number of carbonyl (C=O) groups is 2. The standard InChI is InChI=1S/C21H26N2O4/c1-15(20(24)23-13-12-17-6-4-3-5-7-17)27-21(25)16(2)26-19-10-8-18(14-22)9-11-19/h6,8-11,15-16H,3-5,7,12-13H2,1-2H3,(H,23,24)/t15-,16-/m0/s1. The van der Waals surface area contributed by atoms with E-state index in [1.54, 1.807) is 38.1 Å². The van der Waals surface area contributed by atoms with Gasteiger partial charge in [0, 0.05) is 6.54 Å². The van der Waals surface area contributed by atoms with Crippen molar-refractivity contribution in [3.8, 4) is 11.8 Å². The van der Waals surface area contributed by atoms with E-state index >= 15 is 0 Å². The monoisotopic (exact) mass is 370 g/mol. The van der Waals surface area contributed by atoms with Crippen LogP contribution >= 0.6 is 0 Å². The average molecular weight is 370 g/mol. The van der Waals surface area contributed by atoms with Gasteiger partial charge >= 0.3 is 5.97 Å². The van der Waals surface area contributed by atoms with Gasteiger partial charge in [-0.1, -0.05) is 11.6 Å². The molecule has 144 valence electrons. The highest BCUT2D eigenvalue weighted by Gasteiger charge is 2.23. The molecule has 2 atom stereocenters. The molecular weight excluding hydrogens is 344 g/mol. The van der Waals surface area contributed by atoms with Crippen LogP contribution in [-0.4, -0.2) is 30.6 Å². The first-order chi connectivity index (χ1) is 13.0. The van der Waals surface area contributed by atoms with Gasteiger partial charge in [0.1, 0.15) is 5.75 Å². The Hall–Kier alpha value is -2.81. The predicted molar refractivity (Wildman–Crippen MR) is 101 cm³/mol. The maximum atomic E-state index is 12.1. The third-order valence-electron chi connectivity index (χ3n) is 4.42. The Bertz CT molecular complexity index is 719. The molecule has 0 aliphatic heterocycles. The van der Waals surface area contributed by atoms with Gasteiger partial charge in [-0.3, -0.25) is 4.79 Å². The van der Waals surface area contributed by atoms with Gasteiger partial charge in [-0.25, -0.2) is 4.79 Å². The molecule has 1 amide bonds. The number of nitriles is 1. The molecule has 0 unspecified atom stereocenters. The molecule has 6 nitrogen and oxygen atoms in total. The minimum absolute atomic E-state index is 0.315.